The molecule has 2 fully saturated rings. The Morgan fingerprint density at radius 1 is 1.50 bits per heavy atom. The van der Waals surface area contributed by atoms with Crippen LogP contribution in [0.15, 0.2) is 0 Å². The quantitative estimate of drug-likeness (QED) is 0.594. The van der Waals surface area contributed by atoms with Crippen LogP contribution in [0.25, 0.3) is 0 Å². The highest BCUT2D eigenvalue weighted by Crippen LogP contribution is 2.25. The Labute approximate surface area is 95.5 Å². The van der Waals surface area contributed by atoms with E-state index in [4.69, 9.17) is 9.84 Å². The van der Waals surface area contributed by atoms with Crippen LogP contribution in [0.2, 0.25) is 0 Å². The first-order chi connectivity index (χ1) is 7.81. The molecule has 0 aromatic carbocycles. The van der Waals surface area contributed by atoms with E-state index in [0.717, 1.165) is 25.8 Å². The largest absolute Gasteiger partial charge is 0.396 e. The molecule has 16 heavy (non-hydrogen) atoms. The molecule has 1 heterocycles. The number of rotatable bonds is 3. The van der Waals surface area contributed by atoms with Crippen molar-refractivity contribution in [3.63, 3.8) is 0 Å². The van der Waals surface area contributed by atoms with Crippen LogP contribution in [0.5, 0.6) is 0 Å². The highest BCUT2D eigenvalue weighted by Gasteiger charge is 2.30. The van der Waals surface area contributed by atoms with Gasteiger partial charge in [-0.15, -0.1) is 0 Å². The van der Waals surface area contributed by atoms with Crippen LogP contribution in [0, 0.1) is 5.92 Å². The molecular formula is C11H20N2O3. The van der Waals surface area contributed by atoms with Gasteiger partial charge in [0.1, 0.15) is 6.04 Å². The Hall–Kier alpha value is -0.650. The van der Waals surface area contributed by atoms with Gasteiger partial charge in [-0.25, -0.2) is 0 Å². The first-order valence-corrected chi connectivity index (χ1v) is 6.03. The zero-order valence-corrected chi connectivity index (χ0v) is 9.45. The summed E-state index contributed by atoms with van der Waals surface area (Å²) in [5, 5.41) is 15.3. The van der Waals surface area contributed by atoms with Crippen molar-refractivity contribution in [2.75, 3.05) is 26.4 Å². The molecule has 3 unspecified atom stereocenters. The summed E-state index contributed by atoms with van der Waals surface area (Å²) in [4.78, 5) is 11.9. The van der Waals surface area contributed by atoms with Crippen molar-refractivity contribution in [1.29, 1.82) is 0 Å². The molecule has 0 aromatic heterocycles. The Morgan fingerprint density at radius 3 is 3.06 bits per heavy atom. The van der Waals surface area contributed by atoms with E-state index < -0.39 is 0 Å². The lowest BCUT2D eigenvalue weighted by atomic mass is 10.0. The lowest BCUT2D eigenvalue weighted by Crippen LogP contribution is -2.54. The molecule has 5 nitrogen and oxygen atoms in total. The molecule has 2 aliphatic rings. The molecule has 1 aliphatic heterocycles. The van der Waals surface area contributed by atoms with Gasteiger partial charge in [0.25, 0.3) is 0 Å². The molecule has 0 spiro atoms. The molecule has 5 heteroatoms. The summed E-state index contributed by atoms with van der Waals surface area (Å²) in [7, 11) is 0. The molecule has 0 bridgehead atoms. The first-order valence-electron chi connectivity index (χ1n) is 6.03. The van der Waals surface area contributed by atoms with Crippen molar-refractivity contribution in [3.05, 3.63) is 0 Å². The molecule has 1 saturated carbocycles. The number of carbonyl (C=O) groups excluding carboxylic acids is 1. The third-order valence-electron chi connectivity index (χ3n) is 3.46. The molecule has 1 amide bonds. The third-order valence-corrected chi connectivity index (χ3v) is 3.46. The summed E-state index contributed by atoms with van der Waals surface area (Å²) in [5.74, 6) is 0.235. The van der Waals surface area contributed by atoms with Crippen molar-refractivity contribution in [1.82, 2.24) is 10.6 Å². The van der Waals surface area contributed by atoms with E-state index >= 15 is 0 Å². The van der Waals surface area contributed by atoms with Crippen LogP contribution in [0.3, 0.4) is 0 Å². The normalized spacial score (nSPS) is 34.9. The number of aliphatic hydroxyl groups excluding tert-OH is 1. The molecule has 1 aliphatic carbocycles. The highest BCUT2D eigenvalue weighted by atomic mass is 16.5. The van der Waals surface area contributed by atoms with E-state index in [1.165, 1.54) is 0 Å². The monoisotopic (exact) mass is 228 g/mol. The molecule has 0 radical (unpaired) electrons. The van der Waals surface area contributed by atoms with Crippen LogP contribution >= 0.6 is 0 Å². The topological polar surface area (TPSA) is 70.6 Å². The van der Waals surface area contributed by atoms with Gasteiger partial charge in [0.15, 0.2) is 0 Å². The number of morpholine rings is 1. The predicted molar refractivity (Wildman–Crippen MR) is 59.0 cm³/mol. The van der Waals surface area contributed by atoms with Gasteiger partial charge in [0.05, 0.1) is 13.2 Å². The number of carbonyl (C=O) groups is 1. The number of aliphatic hydroxyl groups is 1. The Balaban J connectivity index is 1.81. The standard InChI is InChI=1S/C11H20N2O3/c14-6-8-2-1-3-9(8)13-11(15)10-7-16-5-4-12-10/h8-10,12,14H,1-7H2,(H,13,15). The molecule has 3 N–H and O–H groups in total. The van der Waals surface area contributed by atoms with Crippen LogP contribution in [-0.4, -0.2) is 49.5 Å². The van der Waals surface area contributed by atoms with E-state index in [1.54, 1.807) is 0 Å². The summed E-state index contributed by atoms with van der Waals surface area (Å²) in [6, 6.07) is -0.0880. The molecular weight excluding hydrogens is 208 g/mol. The fourth-order valence-corrected chi connectivity index (χ4v) is 2.46. The number of amides is 1. The SMILES string of the molecule is O=C(NC1CCCC1CO)C1COCCN1. The second-order valence-corrected chi connectivity index (χ2v) is 4.57. The van der Waals surface area contributed by atoms with Gasteiger partial charge in [-0.1, -0.05) is 6.42 Å². The van der Waals surface area contributed by atoms with Crippen molar-refractivity contribution in [2.45, 2.75) is 31.3 Å². The fourth-order valence-electron chi connectivity index (χ4n) is 2.46. The van der Waals surface area contributed by atoms with E-state index in [2.05, 4.69) is 10.6 Å². The van der Waals surface area contributed by atoms with Gasteiger partial charge in [0, 0.05) is 25.1 Å². The summed E-state index contributed by atoms with van der Waals surface area (Å²) in [6.45, 7) is 2.01. The van der Waals surface area contributed by atoms with Crippen LogP contribution < -0.4 is 10.6 Å². The molecule has 1 saturated heterocycles. The van der Waals surface area contributed by atoms with Crippen molar-refractivity contribution < 1.29 is 14.6 Å². The van der Waals surface area contributed by atoms with Gasteiger partial charge in [0.2, 0.25) is 5.91 Å². The lowest BCUT2D eigenvalue weighted by molar-refractivity contribution is -0.126. The van der Waals surface area contributed by atoms with Crippen LogP contribution in [-0.2, 0) is 9.53 Å². The van der Waals surface area contributed by atoms with Gasteiger partial charge in [-0.3, -0.25) is 4.79 Å². The third kappa shape index (κ3) is 2.72. The fraction of sp³-hybridized carbons (Fsp3) is 0.909. The van der Waals surface area contributed by atoms with Crippen molar-refractivity contribution in [2.24, 2.45) is 5.92 Å². The minimum Gasteiger partial charge on any atom is -0.396 e. The molecule has 3 atom stereocenters. The van der Waals surface area contributed by atoms with Crippen LogP contribution in [0.1, 0.15) is 19.3 Å². The van der Waals surface area contributed by atoms with Gasteiger partial charge >= 0.3 is 0 Å². The Morgan fingerprint density at radius 2 is 2.38 bits per heavy atom. The highest BCUT2D eigenvalue weighted by molar-refractivity contribution is 5.82. The smallest absolute Gasteiger partial charge is 0.239 e. The van der Waals surface area contributed by atoms with Gasteiger partial charge < -0.3 is 20.5 Å². The van der Waals surface area contributed by atoms with E-state index in [-0.39, 0.29) is 30.5 Å². The number of nitrogens with one attached hydrogen (secondary N) is 2. The second kappa shape index (κ2) is 5.61. The zero-order chi connectivity index (χ0) is 11.4. The average Bonchev–Trinajstić information content (AvgIpc) is 2.77. The van der Waals surface area contributed by atoms with E-state index in [0.29, 0.717) is 13.2 Å². The maximum Gasteiger partial charge on any atom is 0.239 e. The maximum atomic E-state index is 11.9. The predicted octanol–water partition coefficient (Wildman–Crippen LogP) is -0.748. The molecule has 0 aromatic rings. The maximum absolute atomic E-state index is 11.9. The zero-order valence-electron chi connectivity index (χ0n) is 9.45. The summed E-state index contributed by atoms with van der Waals surface area (Å²) in [6.07, 6.45) is 3.07. The number of hydrogen-bond acceptors (Lipinski definition) is 4. The average molecular weight is 228 g/mol. The van der Waals surface area contributed by atoms with E-state index in [1.807, 2.05) is 0 Å². The lowest BCUT2D eigenvalue weighted by Gasteiger charge is -2.26. The first kappa shape index (κ1) is 11.8. The Kier molecular flexibility index (Phi) is 4.15. The minimum atomic E-state index is -0.228. The van der Waals surface area contributed by atoms with Gasteiger partial charge in [-0.05, 0) is 12.8 Å². The summed E-state index contributed by atoms with van der Waals surface area (Å²) < 4.78 is 5.25. The minimum absolute atomic E-state index is 0.00468. The second-order valence-electron chi connectivity index (χ2n) is 4.57. The molecule has 92 valence electrons. The summed E-state index contributed by atoms with van der Waals surface area (Å²) >= 11 is 0. The van der Waals surface area contributed by atoms with Crippen molar-refractivity contribution >= 4 is 5.91 Å². The van der Waals surface area contributed by atoms with E-state index in [9.17, 15) is 4.79 Å². The van der Waals surface area contributed by atoms with Crippen LogP contribution in [0.4, 0.5) is 0 Å². The van der Waals surface area contributed by atoms with Crippen molar-refractivity contribution in [3.8, 4) is 0 Å². The Bertz CT molecular complexity index is 241. The molecule has 2 rings (SSSR count). The number of ether oxygens (including phenoxy) is 1. The number of hydrogen-bond donors (Lipinski definition) is 3. The summed E-state index contributed by atoms with van der Waals surface area (Å²) in [5.41, 5.74) is 0. The van der Waals surface area contributed by atoms with Gasteiger partial charge in [-0.2, -0.15) is 0 Å².